The Morgan fingerprint density at radius 2 is 1.71 bits per heavy atom. The van der Waals surface area contributed by atoms with E-state index in [2.05, 4.69) is 34.1 Å². The van der Waals surface area contributed by atoms with Gasteiger partial charge in [0.05, 0.1) is 12.2 Å². The maximum Gasteiger partial charge on any atom is 0.259 e. The number of hydrogen-bond donors (Lipinski definition) is 0. The van der Waals surface area contributed by atoms with E-state index in [4.69, 9.17) is 0 Å². The molecule has 2 nitrogen and oxygen atoms in total. The van der Waals surface area contributed by atoms with Crippen molar-refractivity contribution in [1.82, 2.24) is 0 Å². The minimum Gasteiger partial charge on any atom is -0.303 e. The van der Waals surface area contributed by atoms with Crippen LogP contribution in [0.5, 0.6) is 0 Å². The molecule has 0 N–H and O–H groups in total. The second-order valence-corrected chi connectivity index (χ2v) is 6.12. The quantitative estimate of drug-likeness (QED) is 0.660. The Labute approximate surface area is 131 Å². The van der Waals surface area contributed by atoms with E-state index in [1.54, 1.807) is 0 Å². The Morgan fingerprint density at radius 1 is 0.952 bits per heavy atom. The van der Waals surface area contributed by atoms with Gasteiger partial charge < -0.3 is 4.90 Å². The Kier molecular flexibility index (Phi) is 2.82. The average molecular weight is 338 g/mol. The van der Waals surface area contributed by atoms with Gasteiger partial charge in [-0.2, -0.15) is 0 Å². The van der Waals surface area contributed by atoms with Crippen molar-refractivity contribution < 1.29 is 4.79 Å². The topological polar surface area (TPSA) is 20.3 Å². The monoisotopic (exact) mass is 337 g/mol. The van der Waals surface area contributed by atoms with E-state index in [1.807, 2.05) is 47.4 Å². The first-order valence-corrected chi connectivity index (χ1v) is 7.61. The zero-order chi connectivity index (χ0) is 14.4. The number of amides is 1. The highest BCUT2D eigenvalue weighted by molar-refractivity contribution is 9.10. The zero-order valence-corrected chi connectivity index (χ0v) is 12.8. The molecule has 0 radical (unpaired) electrons. The maximum atomic E-state index is 12.7. The lowest BCUT2D eigenvalue weighted by atomic mass is 10.1. The second-order valence-electron chi connectivity index (χ2n) is 5.20. The van der Waals surface area contributed by atoms with Crippen LogP contribution < -0.4 is 4.90 Å². The van der Waals surface area contributed by atoms with E-state index >= 15 is 0 Å². The minimum atomic E-state index is 0.0850. The third-order valence-electron chi connectivity index (χ3n) is 3.88. The predicted molar refractivity (Wildman–Crippen MR) is 88.6 cm³/mol. The van der Waals surface area contributed by atoms with Crippen molar-refractivity contribution in [3.63, 3.8) is 0 Å². The third-order valence-corrected chi connectivity index (χ3v) is 4.37. The summed E-state index contributed by atoms with van der Waals surface area (Å²) in [7, 11) is 0. The zero-order valence-electron chi connectivity index (χ0n) is 11.2. The van der Waals surface area contributed by atoms with Crippen molar-refractivity contribution >= 4 is 38.3 Å². The van der Waals surface area contributed by atoms with Gasteiger partial charge in [-0.15, -0.1) is 0 Å². The van der Waals surface area contributed by atoms with Gasteiger partial charge in [-0.3, -0.25) is 4.79 Å². The minimum absolute atomic E-state index is 0.0850. The SMILES string of the molecule is O=C1c2cccc3cccc(c23)N1Cc1cccc(Br)c1. The fourth-order valence-corrected chi connectivity index (χ4v) is 3.40. The number of rotatable bonds is 2. The van der Waals surface area contributed by atoms with Crippen LogP contribution in [-0.2, 0) is 6.54 Å². The molecule has 3 aromatic rings. The second kappa shape index (κ2) is 4.71. The van der Waals surface area contributed by atoms with Gasteiger partial charge >= 0.3 is 0 Å². The van der Waals surface area contributed by atoms with E-state index in [0.29, 0.717) is 6.54 Å². The van der Waals surface area contributed by atoms with Crippen molar-refractivity contribution in [2.24, 2.45) is 0 Å². The van der Waals surface area contributed by atoms with Crippen molar-refractivity contribution in [3.8, 4) is 0 Å². The summed E-state index contributed by atoms with van der Waals surface area (Å²) in [5.74, 6) is 0.0850. The molecular weight excluding hydrogens is 326 g/mol. The molecule has 102 valence electrons. The standard InChI is InChI=1S/C18H12BrNO/c19-14-7-1-4-12(10-14)11-20-16-9-3-6-13-5-2-8-15(17(13)16)18(20)21/h1-10H,11H2. The van der Waals surface area contributed by atoms with E-state index in [-0.39, 0.29) is 5.91 Å². The lowest BCUT2D eigenvalue weighted by Crippen LogP contribution is -2.25. The summed E-state index contributed by atoms with van der Waals surface area (Å²) in [6, 6.07) is 20.1. The number of halogens is 1. The molecule has 4 rings (SSSR count). The van der Waals surface area contributed by atoms with Crippen LogP contribution in [0, 0.1) is 0 Å². The molecule has 21 heavy (non-hydrogen) atoms. The van der Waals surface area contributed by atoms with Gasteiger partial charge in [-0.05, 0) is 35.2 Å². The van der Waals surface area contributed by atoms with E-state index in [1.165, 1.54) is 0 Å². The Morgan fingerprint density at radius 3 is 2.52 bits per heavy atom. The fourth-order valence-electron chi connectivity index (χ4n) is 2.95. The highest BCUT2D eigenvalue weighted by atomic mass is 79.9. The van der Waals surface area contributed by atoms with E-state index in [9.17, 15) is 4.79 Å². The van der Waals surface area contributed by atoms with Crippen LogP contribution >= 0.6 is 15.9 Å². The van der Waals surface area contributed by atoms with Crippen LogP contribution in [0.25, 0.3) is 10.8 Å². The molecular formula is C18H12BrNO. The van der Waals surface area contributed by atoms with Crippen LogP contribution in [0.4, 0.5) is 5.69 Å². The normalized spacial score (nSPS) is 13.2. The first-order chi connectivity index (χ1) is 10.2. The molecule has 0 atom stereocenters. The Hall–Kier alpha value is -2.13. The highest BCUT2D eigenvalue weighted by Gasteiger charge is 2.29. The summed E-state index contributed by atoms with van der Waals surface area (Å²) in [6.45, 7) is 0.589. The lowest BCUT2D eigenvalue weighted by molar-refractivity contribution is 0.0991. The molecule has 0 bridgehead atoms. The lowest BCUT2D eigenvalue weighted by Gasteiger charge is -2.18. The third kappa shape index (κ3) is 1.96. The van der Waals surface area contributed by atoms with Gasteiger partial charge in [0.25, 0.3) is 5.91 Å². The van der Waals surface area contributed by atoms with Gasteiger partial charge in [0.15, 0.2) is 0 Å². The van der Waals surface area contributed by atoms with Gasteiger partial charge in [0, 0.05) is 15.4 Å². The molecule has 1 aliphatic heterocycles. The average Bonchev–Trinajstić information content (AvgIpc) is 2.76. The van der Waals surface area contributed by atoms with Crippen LogP contribution in [0.15, 0.2) is 65.1 Å². The van der Waals surface area contributed by atoms with Gasteiger partial charge in [-0.25, -0.2) is 0 Å². The predicted octanol–water partition coefficient (Wildman–Crippen LogP) is 4.76. The summed E-state index contributed by atoms with van der Waals surface area (Å²) in [5.41, 5.74) is 2.92. The van der Waals surface area contributed by atoms with Crippen LogP contribution in [0.3, 0.4) is 0 Å². The largest absolute Gasteiger partial charge is 0.303 e. The first kappa shape index (κ1) is 12.6. The van der Waals surface area contributed by atoms with E-state index < -0.39 is 0 Å². The summed E-state index contributed by atoms with van der Waals surface area (Å²) in [5, 5.41) is 2.19. The number of anilines is 1. The molecule has 1 aliphatic rings. The number of hydrogen-bond acceptors (Lipinski definition) is 1. The highest BCUT2D eigenvalue weighted by Crippen LogP contribution is 2.38. The van der Waals surface area contributed by atoms with Gasteiger partial charge in [0.1, 0.15) is 0 Å². The molecule has 1 amide bonds. The summed E-state index contributed by atoms with van der Waals surface area (Å²) >= 11 is 3.48. The van der Waals surface area contributed by atoms with Crippen LogP contribution in [0.2, 0.25) is 0 Å². The smallest absolute Gasteiger partial charge is 0.259 e. The molecule has 0 saturated carbocycles. The molecule has 0 saturated heterocycles. The van der Waals surface area contributed by atoms with Crippen LogP contribution in [0.1, 0.15) is 15.9 Å². The fraction of sp³-hybridized carbons (Fsp3) is 0.0556. The molecule has 3 heteroatoms. The summed E-state index contributed by atoms with van der Waals surface area (Å²) < 4.78 is 1.03. The molecule has 1 heterocycles. The molecule has 0 unspecified atom stereocenters. The molecule has 3 aromatic carbocycles. The summed E-state index contributed by atoms with van der Waals surface area (Å²) in [6.07, 6.45) is 0. The number of carbonyl (C=O) groups is 1. The van der Waals surface area contributed by atoms with Crippen molar-refractivity contribution in [1.29, 1.82) is 0 Å². The first-order valence-electron chi connectivity index (χ1n) is 6.82. The van der Waals surface area contributed by atoms with Crippen molar-refractivity contribution in [2.45, 2.75) is 6.54 Å². The number of benzene rings is 3. The molecule has 0 spiro atoms. The number of carbonyl (C=O) groups excluding carboxylic acids is 1. The van der Waals surface area contributed by atoms with Crippen molar-refractivity contribution in [3.05, 3.63) is 76.3 Å². The maximum absolute atomic E-state index is 12.7. The summed E-state index contributed by atoms with van der Waals surface area (Å²) in [4.78, 5) is 14.5. The van der Waals surface area contributed by atoms with Gasteiger partial charge in [0.2, 0.25) is 0 Å². The molecule has 0 aromatic heterocycles. The van der Waals surface area contributed by atoms with Gasteiger partial charge in [-0.1, -0.05) is 52.3 Å². The van der Waals surface area contributed by atoms with Crippen LogP contribution in [-0.4, -0.2) is 5.91 Å². The number of nitrogens with zero attached hydrogens (tertiary/aromatic N) is 1. The van der Waals surface area contributed by atoms with E-state index in [0.717, 1.165) is 32.1 Å². The van der Waals surface area contributed by atoms with Crippen molar-refractivity contribution in [2.75, 3.05) is 4.90 Å². The Bertz CT molecular complexity index is 867. The Balaban J connectivity index is 1.82. The molecule has 0 aliphatic carbocycles. The molecule has 0 fully saturated rings.